The van der Waals surface area contributed by atoms with E-state index in [2.05, 4.69) is 10.3 Å². The summed E-state index contributed by atoms with van der Waals surface area (Å²) < 4.78 is 5.93. The van der Waals surface area contributed by atoms with Crippen LogP contribution in [0.25, 0.3) is 0 Å². The van der Waals surface area contributed by atoms with E-state index >= 15 is 0 Å². The van der Waals surface area contributed by atoms with E-state index in [1.807, 2.05) is 34.5 Å². The van der Waals surface area contributed by atoms with Gasteiger partial charge >= 0.3 is 6.03 Å². The monoisotopic (exact) mass is 317 g/mol. The molecular weight excluding hydrogens is 298 g/mol. The number of thiophene rings is 1. The number of amides is 2. The molecule has 6 heteroatoms. The molecule has 2 amide bonds. The molecule has 1 saturated heterocycles. The second-order valence-electron chi connectivity index (χ2n) is 5.25. The van der Waals surface area contributed by atoms with E-state index in [1.165, 1.54) is 0 Å². The third-order valence-electron chi connectivity index (χ3n) is 3.61. The fourth-order valence-electron chi connectivity index (χ4n) is 2.52. The maximum Gasteiger partial charge on any atom is 0.317 e. The van der Waals surface area contributed by atoms with Crippen LogP contribution >= 0.6 is 11.3 Å². The molecule has 3 rings (SSSR count). The summed E-state index contributed by atoms with van der Waals surface area (Å²) in [4.78, 5) is 19.2. The summed E-state index contributed by atoms with van der Waals surface area (Å²) in [6, 6.07) is 7.68. The van der Waals surface area contributed by atoms with Gasteiger partial charge in [-0.2, -0.15) is 0 Å². The van der Waals surface area contributed by atoms with Gasteiger partial charge in [0.05, 0.1) is 13.1 Å². The highest BCUT2D eigenvalue weighted by atomic mass is 32.1. The number of carbonyl (C=O) groups is 1. The molecule has 0 aromatic carbocycles. The molecule has 2 aromatic heterocycles. The number of nitrogens with one attached hydrogen (secondary N) is 1. The average molecular weight is 317 g/mol. The van der Waals surface area contributed by atoms with Gasteiger partial charge in [-0.05, 0) is 36.4 Å². The lowest BCUT2D eigenvalue weighted by Gasteiger charge is -2.32. The van der Waals surface area contributed by atoms with E-state index < -0.39 is 0 Å². The number of likely N-dealkylation sites (tertiary alicyclic amines) is 1. The first-order chi connectivity index (χ1) is 10.8. The van der Waals surface area contributed by atoms with Gasteiger partial charge < -0.3 is 15.0 Å². The Morgan fingerprint density at radius 1 is 1.41 bits per heavy atom. The maximum atomic E-state index is 12.2. The number of pyridine rings is 1. The highest BCUT2D eigenvalue weighted by Crippen LogP contribution is 2.18. The van der Waals surface area contributed by atoms with E-state index in [0.29, 0.717) is 13.1 Å². The number of hydrogen-bond acceptors (Lipinski definition) is 4. The standard InChI is InChI=1S/C16H19N3O2S/c20-16(18-11-15-4-2-10-22-15)19-9-1-3-14(12-19)21-13-5-7-17-8-6-13/h2,4-8,10,14H,1,3,9,11-12H2,(H,18,20). The third kappa shape index (κ3) is 3.98. The van der Waals surface area contributed by atoms with E-state index in [-0.39, 0.29) is 12.1 Å². The van der Waals surface area contributed by atoms with Crippen molar-refractivity contribution >= 4 is 17.4 Å². The number of nitrogens with zero attached hydrogens (tertiary/aromatic N) is 2. The number of urea groups is 1. The average Bonchev–Trinajstić information content (AvgIpc) is 3.07. The molecule has 0 bridgehead atoms. The van der Waals surface area contributed by atoms with Crippen molar-refractivity contribution in [3.63, 3.8) is 0 Å². The van der Waals surface area contributed by atoms with Gasteiger partial charge in [0.1, 0.15) is 11.9 Å². The van der Waals surface area contributed by atoms with Crippen LogP contribution in [0.5, 0.6) is 5.75 Å². The van der Waals surface area contributed by atoms with Crippen molar-refractivity contribution in [2.45, 2.75) is 25.5 Å². The molecule has 0 saturated carbocycles. The molecule has 0 aliphatic carbocycles. The highest BCUT2D eigenvalue weighted by molar-refractivity contribution is 7.09. The van der Waals surface area contributed by atoms with Gasteiger partial charge in [-0.25, -0.2) is 4.79 Å². The molecule has 0 radical (unpaired) electrons. The van der Waals surface area contributed by atoms with Crippen molar-refractivity contribution in [3.05, 3.63) is 46.9 Å². The number of rotatable bonds is 4. The molecule has 22 heavy (non-hydrogen) atoms. The smallest absolute Gasteiger partial charge is 0.317 e. The van der Waals surface area contributed by atoms with Crippen molar-refractivity contribution in [1.82, 2.24) is 15.2 Å². The predicted octanol–water partition coefficient (Wildman–Crippen LogP) is 2.90. The Balaban J connectivity index is 1.50. The van der Waals surface area contributed by atoms with Crippen LogP contribution in [0.15, 0.2) is 42.0 Å². The van der Waals surface area contributed by atoms with Crippen LogP contribution in [0.2, 0.25) is 0 Å². The van der Waals surface area contributed by atoms with Crippen molar-refractivity contribution < 1.29 is 9.53 Å². The maximum absolute atomic E-state index is 12.2. The molecule has 1 fully saturated rings. The fraction of sp³-hybridized carbons (Fsp3) is 0.375. The molecule has 1 atom stereocenters. The Labute approximate surface area is 133 Å². The lowest BCUT2D eigenvalue weighted by Crippen LogP contribution is -2.48. The second kappa shape index (κ2) is 7.26. The van der Waals surface area contributed by atoms with Gasteiger partial charge in [0.25, 0.3) is 0 Å². The van der Waals surface area contributed by atoms with Crippen LogP contribution in [-0.2, 0) is 6.54 Å². The Kier molecular flexibility index (Phi) is 4.90. The van der Waals surface area contributed by atoms with E-state index in [0.717, 1.165) is 30.0 Å². The number of hydrogen-bond donors (Lipinski definition) is 1. The summed E-state index contributed by atoms with van der Waals surface area (Å²) >= 11 is 1.65. The lowest BCUT2D eigenvalue weighted by molar-refractivity contribution is 0.101. The van der Waals surface area contributed by atoms with Crippen molar-refractivity contribution in [2.75, 3.05) is 13.1 Å². The van der Waals surface area contributed by atoms with Crippen LogP contribution < -0.4 is 10.1 Å². The molecule has 3 heterocycles. The van der Waals surface area contributed by atoms with Gasteiger partial charge in [0.15, 0.2) is 0 Å². The first-order valence-electron chi connectivity index (χ1n) is 7.43. The highest BCUT2D eigenvalue weighted by Gasteiger charge is 2.24. The summed E-state index contributed by atoms with van der Waals surface area (Å²) in [6.07, 6.45) is 5.40. The fourth-order valence-corrected chi connectivity index (χ4v) is 3.16. The first-order valence-corrected chi connectivity index (χ1v) is 8.31. The largest absolute Gasteiger partial charge is 0.488 e. The molecule has 116 valence electrons. The van der Waals surface area contributed by atoms with E-state index in [4.69, 9.17) is 4.74 Å². The van der Waals surface area contributed by atoms with Gasteiger partial charge in [-0.3, -0.25) is 4.98 Å². The zero-order chi connectivity index (χ0) is 15.2. The minimum Gasteiger partial charge on any atom is -0.488 e. The minimum atomic E-state index is -0.0172. The predicted molar refractivity (Wildman–Crippen MR) is 86.0 cm³/mol. The Bertz CT molecular complexity index is 589. The van der Waals surface area contributed by atoms with Crippen LogP contribution in [0.1, 0.15) is 17.7 Å². The molecule has 1 unspecified atom stereocenters. The van der Waals surface area contributed by atoms with Crippen LogP contribution in [0.4, 0.5) is 4.79 Å². The summed E-state index contributed by atoms with van der Waals surface area (Å²) in [5.41, 5.74) is 0. The molecule has 5 nitrogen and oxygen atoms in total. The molecule has 2 aromatic rings. The minimum absolute atomic E-state index is 0.0172. The summed E-state index contributed by atoms with van der Waals surface area (Å²) in [5, 5.41) is 4.99. The lowest BCUT2D eigenvalue weighted by atomic mass is 10.1. The number of piperidine rings is 1. The van der Waals surface area contributed by atoms with E-state index in [1.54, 1.807) is 23.7 Å². The van der Waals surface area contributed by atoms with Crippen molar-refractivity contribution in [1.29, 1.82) is 0 Å². The molecule has 1 aliphatic heterocycles. The number of ether oxygens (including phenoxy) is 1. The van der Waals surface area contributed by atoms with Crippen LogP contribution in [0.3, 0.4) is 0 Å². The quantitative estimate of drug-likeness (QED) is 0.943. The van der Waals surface area contributed by atoms with Gasteiger partial charge in [-0.1, -0.05) is 6.07 Å². The first kappa shape index (κ1) is 14.8. The summed E-state index contributed by atoms with van der Waals surface area (Å²) in [7, 11) is 0. The number of carbonyl (C=O) groups excluding carboxylic acids is 1. The Hall–Kier alpha value is -2.08. The van der Waals surface area contributed by atoms with Gasteiger partial charge in [0.2, 0.25) is 0 Å². The Morgan fingerprint density at radius 2 is 2.27 bits per heavy atom. The van der Waals surface area contributed by atoms with Gasteiger partial charge in [-0.15, -0.1) is 11.3 Å². The summed E-state index contributed by atoms with van der Waals surface area (Å²) in [6.45, 7) is 1.99. The molecule has 1 N–H and O–H groups in total. The van der Waals surface area contributed by atoms with Gasteiger partial charge in [0, 0.05) is 23.8 Å². The zero-order valence-corrected chi connectivity index (χ0v) is 13.1. The molecule has 1 aliphatic rings. The van der Waals surface area contributed by atoms with Crippen molar-refractivity contribution in [3.8, 4) is 5.75 Å². The third-order valence-corrected chi connectivity index (χ3v) is 4.49. The molecular formula is C16H19N3O2S. The van der Waals surface area contributed by atoms with Crippen molar-refractivity contribution in [2.24, 2.45) is 0 Å². The second-order valence-corrected chi connectivity index (χ2v) is 6.28. The zero-order valence-electron chi connectivity index (χ0n) is 12.3. The van der Waals surface area contributed by atoms with Crippen LogP contribution in [-0.4, -0.2) is 35.1 Å². The topological polar surface area (TPSA) is 54.5 Å². The normalized spacial score (nSPS) is 18.0. The number of aromatic nitrogens is 1. The SMILES string of the molecule is O=C(NCc1cccs1)N1CCCC(Oc2ccncc2)C1. The summed E-state index contributed by atoms with van der Waals surface area (Å²) in [5.74, 6) is 0.806. The van der Waals surface area contributed by atoms with Crippen LogP contribution in [0, 0.1) is 0 Å². The van der Waals surface area contributed by atoms with E-state index in [9.17, 15) is 4.79 Å². The Morgan fingerprint density at radius 3 is 3.05 bits per heavy atom. The molecule has 0 spiro atoms.